The van der Waals surface area contributed by atoms with E-state index in [1.807, 2.05) is 0 Å². The van der Waals surface area contributed by atoms with Crippen LogP contribution in [-0.4, -0.2) is 166 Å². The molecule has 0 spiro atoms. The van der Waals surface area contributed by atoms with Gasteiger partial charge in [0, 0.05) is 20.6 Å². The Morgan fingerprint density at radius 1 is 0.662 bits per heavy atom. The molecule has 0 saturated carbocycles. The zero-order valence-electron chi connectivity index (χ0n) is 35.8. The molecule has 0 amide bonds. The molecular weight excluding hydrogens is 969 g/mol. The van der Waals surface area contributed by atoms with Gasteiger partial charge in [0.15, 0.2) is 47.3 Å². The van der Waals surface area contributed by atoms with Crippen LogP contribution in [0.2, 0.25) is 0 Å². The van der Waals surface area contributed by atoms with Crippen LogP contribution < -0.4 is 11.5 Å². The van der Waals surface area contributed by atoms with Crippen molar-refractivity contribution in [1.29, 1.82) is 0 Å². The molecule has 0 bridgehead atoms. The molecule has 3 aliphatic heterocycles. The number of phosphoric ester groups is 2. The number of hydrogen-bond donors (Lipinski definition) is 7. The van der Waals surface area contributed by atoms with Gasteiger partial charge in [-0.1, -0.05) is 0 Å². The van der Waals surface area contributed by atoms with Crippen LogP contribution in [0.15, 0.2) is 38.0 Å². The smallest absolute Gasteiger partial charge is 0.387 e. The molecule has 6 aromatic rings. The first kappa shape index (κ1) is 48.4. The fourth-order valence-electron chi connectivity index (χ4n) is 8.19. The Balaban J connectivity index is 0.922. The fraction of sp³-hybridized carbons (Fsp3) is 0.559. The average molecular weight is 1010 g/mol. The summed E-state index contributed by atoms with van der Waals surface area (Å²) in [5.41, 5.74) is 13.9. The van der Waals surface area contributed by atoms with Crippen LogP contribution >= 0.6 is 23.2 Å². The lowest BCUT2D eigenvalue weighted by Crippen LogP contribution is -2.37. The first-order valence-electron chi connectivity index (χ1n) is 20.4. The molecule has 3 aliphatic rings. The maximum Gasteiger partial charge on any atom is 0.472 e. The summed E-state index contributed by atoms with van der Waals surface area (Å²) in [6.07, 6.45) is -7.65. The van der Waals surface area contributed by atoms with Gasteiger partial charge in [0.1, 0.15) is 78.3 Å². The first-order chi connectivity index (χ1) is 32.4. The number of anilines is 2. The number of aromatic nitrogens is 12. The monoisotopic (exact) mass is 1010 g/mol. The zero-order valence-corrected chi connectivity index (χ0v) is 38.5. The second-order valence-electron chi connectivity index (χ2n) is 15.7. The van der Waals surface area contributed by atoms with E-state index in [-0.39, 0.29) is 53.0 Å². The number of aliphatic hydroxyl groups is 2. The number of nitrogen functional groups attached to an aromatic ring is 2. The van der Waals surface area contributed by atoms with E-state index in [1.54, 1.807) is 6.92 Å². The molecule has 0 radical (unpaired) electrons. The number of imidazole rings is 3. The van der Waals surface area contributed by atoms with E-state index < -0.39 is 104 Å². The Morgan fingerprint density at radius 2 is 1.19 bits per heavy atom. The largest absolute Gasteiger partial charge is 0.472 e. The number of methoxy groups -OCH3 is 1. The van der Waals surface area contributed by atoms with Crippen LogP contribution in [0, 0.1) is 6.92 Å². The molecule has 9 heterocycles. The van der Waals surface area contributed by atoms with Crippen molar-refractivity contribution >= 4 is 68.4 Å². The van der Waals surface area contributed by atoms with Crippen LogP contribution in [0.3, 0.4) is 0 Å². The first-order valence-corrected chi connectivity index (χ1v) is 25.2. The molecular formula is C34H45N14O17P3. The summed E-state index contributed by atoms with van der Waals surface area (Å²) < 4.78 is 95.0. The molecule has 0 aromatic carbocycles. The number of phosphoric acid groups is 2. The molecule has 68 heavy (non-hydrogen) atoms. The van der Waals surface area contributed by atoms with Crippen molar-refractivity contribution in [2.24, 2.45) is 0 Å². The average Bonchev–Trinajstić information content (AvgIpc) is 4.17. The lowest BCUT2D eigenvalue weighted by atomic mass is 10.1. The maximum absolute atomic E-state index is 13.8. The number of ether oxygens (including phenoxy) is 4. The van der Waals surface area contributed by atoms with E-state index in [9.17, 15) is 38.6 Å². The summed E-state index contributed by atoms with van der Waals surface area (Å²) in [6, 6.07) is 0. The Morgan fingerprint density at radius 3 is 1.81 bits per heavy atom. The molecule has 31 nitrogen and oxygen atoms in total. The minimum atomic E-state index is -5.21. The molecule has 9 N–H and O–H groups in total. The molecule has 9 rings (SSSR count). The predicted molar refractivity (Wildman–Crippen MR) is 226 cm³/mol. The summed E-state index contributed by atoms with van der Waals surface area (Å²) in [4.78, 5) is 69.8. The van der Waals surface area contributed by atoms with Gasteiger partial charge in [0.2, 0.25) is 0 Å². The number of rotatable bonds is 18. The molecule has 14 atom stereocenters. The molecule has 0 aliphatic carbocycles. The van der Waals surface area contributed by atoms with Crippen molar-refractivity contribution in [2.75, 3.05) is 45.1 Å². The summed E-state index contributed by atoms with van der Waals surface area (Å²) in [5.74, 6) is 0.0390. The van der Waals surface area contributed by atoms with Gasteiger partial charge in [-0.2, -0.15) is 0 Å². The lowest BCUT2D eigenvalue weighted by Gasteiger charge is -2.26. The van der Waals surface area contributed by atoms with Crippen molar-refractivity contribution in [2.45, 2.75) is 87.3 Å². The third-order valence-corrected chi connectivity index (χ3v) is 14.9. The van der Waals surface area contributed by atoms with Gasteiger partial charge in [-0.15, -0.1) is 0 Å². The highest BCUT2D eigenvalue weighted by atomic mass is 31.2. The Labute approximate surface area is 382 Å². The summed E-state index contributed by atoms with van der Waals surface area (Å²) >= 11 is 0. The highest BCUT2D eigenvalue weighted by molar-refractivity contribution is 7.52. The lowest BCUT2D eigenvalue weighted by molar-refractivity contribution is -0.0634. The molecule has 6 aromatic heterocycles. The topological polar surface area (TPSA) is 418 Å². The quantitative estimate of drug-likeness (QED) is 0.0558. The zero-order chi connectivity index (χ0) is 48.3. The van der Waals surface area contributed by atoms with E-state index in [0.717, 1.165) is 13.4 Å². The van der Waals surface area contributed by atoms with E-state index in [0.29, 0.717) is 16.9 Å². The van der Waals surface area contributed by atoms with Crippen molar-refractivity contribution in [3.63, 3.8) is 0 Å². The number of aryl methyl sites for hydroxylation is 1. The van der Waals surface area contributed by atoms with Gasteiger partial charge >= 0.3 is 23.2 Å². The Bertz CT molecular complexity index is 2950. The van der Waals surface area contributed by atoms with Gasteiger partial charge in [-0.25, -0.2) is 54.0 Å². The van der Waals surface area contributed by atoms with E-state index in [4.69, 9.17) is 53.0 Å². The van der Waals surface area contributed by atoms with Gasteiger partial charge < -0.3 is 59.8 Å². The third kappa shape index (κ3) is 9.51. The minimum Gasteiger partial charge on any atom is -0.387 e. The molecule has 3 fully saturated rings. The van der Waals surface area contributed by atoms with Crippen molar-refractivity contribution in [1.82, 2.24) is 58.6 Å². The fourth-order valence-corrected chi connectivity index (χ4v) is 10.8. The number of nitrogens with zero attached hydrogens (tertiary/aromatic N) is 12. The normalized spacial score (nSPS) is 30.3. The number of hydrogen-bond acceptors (Lipinski definition) is 25. The Kier molecular flexibility index (Phi) is 13.5. The van der Waals surface area contributed by atoms with Crippen molar-refractivity contribution < 1.29 is 80.2 Å². The summed E-state index contributed by atoms with van der Waals surface area (Å²) in [7, 11) is -12.0. The predicted octanol–water partition coefficient (Wildman–Crippen LogP) is 0.0243. The summed E-state index contributed by atoms with van der Waals surface area (Å²) in [6.45, 7) is 0.170. The molecule has 34 heteroatoms. The third-order valence-electron chi connectivity index (χ3n) is 11.5. The van der Waals surface area contributed by atoms with E-state index in [2.05, 4.69) is 44.9 Å². The maximum atomic E-state index is 13.8. The highest BCUT2D eigenvalue weighted by Gasteiger charge is 2.53. The molecule has 14 unspecified atom stereocenters. The molecule has 368 valence electrons. The van der Waals surface area contributed by atoms with E-state index >= 15 is 0 Å². The second kappa shape index (κ2) is 18.9. The summed E-state index contributed by atoms with van der Waals surface area (Å²) in [5, 5.41) is 21.9. The van der Waals surface area contributed by atoms with Crippen LogP contribution in [0.1, 0.15) is 37.2 Å². The van der Waals surface area contributed by atoms with Crippen LogP contribution in [-0.2, 0) is 55.3 Å². The number of nitrogens with two attached hydrogens (primary N) is 2. The van der Waals surface area contributed by atoms with Gasteiger partial charge in [-0.05, 0) is 13.3 Å². The van der Waals surface area contributed by atoms with Crippen molar-refractivity contribution in [3.8, 4) is 0 Å². The van der Waals surface area contributed by atoms with E-state index in [1.165, 1.54) is 52.4 Å². The highest BCUT2D eigenvalue weighted by Crippen LogP contribution is 2.54. The second-order valence-corrected chi connectivity index (χ2v) is 20.6. The standard InChI is InChI=1S/C34H45N14O17P3/c1-15-20-29(40-9-37-15)47(12-43-20)33-24(50)23(49)18(62-33)7-59-68(55,56)65-26-25(57-2)19(63-34(26)48-14-45-22-28(36)39-11-42-31(22)48)8-60-67(53,54)64-17-6-16(4-5-66(51,52)58-3)61-32(17)46-13-44-21-27(35)38-10-41-30(21)46/h9-14,16-19,23-26,32-34,49-50H,4-8H2,1-3H3,(H,51,52)(H,53,54)(H,55,56)(H2,35,38,41)(H2,36,39,42). The SMILES string of the molecule is COC1C(COP(=O)(O)OC2CC(CCP(=O)(O)OC)OC2n2cnc3c(N)ncnc32)OC(n2cnc3c(N)ncnc32)C1OP(=O)(O)OCC1OC(n2cnc3c(C)ncnc32)C(O)C1O. The van der Waals surface area contributed by atoms with Crippen LogP contribution in [0.4, 0.5) is 11.6 Å². The van der Waals surface area contributed by atoms with Crippen LogP contribution in [0.25, 0.3) is 33.5 Å². The van der Waals surface area contributed by atoms with Crippen molar-refractivity contribution in [3.05, 3.63) is 43.7 Å². The minimum absolute atomic E-state index is 0.0103. The van der Waals surface area contributed by atoms with Gasteiger partial charge in [-0.3, -0.25) is 36.4 Å². The Hall–Kier alpha value is -4.62. The number of aliphatic hydroxyl groups excluding tert-OH is 2. The van der Waals surface area contributed by atoms with Gasteiger partial charge in [0.25, 0.3) is 0 Å². The number of fused-ring (bicyclic) bond motifs is 3. The molecule has 3 saturated heterocycles. The van der Waals surface area contributed by atoms with Gasteiger partial charge in [0.05, 0.1) is 50.2 Å². The van der Waals surface area contributed by atoms with Crippen LogP contribution in [0.5, 0.6) is 0 Å².